The van der Waals surface area contributed by atoms with E-state index in [2.05, 4.69) is 22.3 Å². The fraction of sp³-hybridized carbons (Fsp3) is 0.278. The van der Waals surface area contributed by atoms with Crippen LogP contribution in [0.1, 0.15) is 17.5 Å². The Kier molecular flexibility index (Phi) is 4.73. The van der Waals surface area contributed by atoms with Crippen molar-refractivity contribution in [3.8, 4) is 6.07 Å². The van der Waals surface area contributed by atoms with E-state index in [1.165, 1.54) is 11.6 Å². The van der Waals surface area contributed by atoms with E-state index < -0.39 is 4.92 Å². The maximum atomic E-state index is 11.2. The molecule has 0 spiro atoms. The molecule has 1 saturated heterocycles. The average molecular weight is 322 g/mol. The maximum Gasteiger partial charge on any atom is 0.293 e. The van der Waals surface area contributed by atoms with Crippen molar-refractivity contribution < 1.29 is 4.92 Å². The summed E-state index contributed by atoms with van der Waals surface area (Å²) in [6.45, 7) is 2.68. The smallest absolute Gasteiger partial charge is 0.293 e. The van der Waals surface area contributed by atoms with Crippen LogP contribution in [0, 0.1) is 21.4 Å². The van der Waals surface area contributed by atoms with Gasteiger partial charge < -0.3 is 5.32 Å². The quantitative estimate of drug-likeness (QED) is 0.675. The molecular formula is C18H18N4O2. The molecule has 1 heterocycles. The van der Waals surface area contributed by atoms with E-state index in [1.807, 2.05) is 24.3 Å². The molecule has 1 aliphatic heterocycles. The second kappa shape index (κ2) is 7.11. The Bertz CT molecular complexity index is 770. The van der Waals surface area contributed by atoms with Gasteiger partial charge in [-0.25, -0.2) is 0 Å². The van der Waals surface area contributed by atoms with Crippen molar-refractivity contribution in [2.24, 2.45) is 0 Å². The van der Waals surface area contributed by atoms with E-state index >= 15 is 0 Å². The van der Waals surface area contributed by atoms with Crippen molar-refractivity contribution in [3.05, 3.63) is 69.8 Å². The van der Waals surface area contributed by atoms with E-state index in [0.717, 1.165) is 26.1 Å². The van der Waals surface area contributed by atoms with Gasteiger partial charge in [0.1, 0.15) is 5.69 Å². The Morgan fingerprint density at radius 3 is 2.79 bits per heavy atom. The number of anilines is 1. The molecule has 0 bridgehead atoms. The van der Waals surface area contributed by atoms with Gasteiger partial charge in [-0.15, -0.1) is 0 Å². The summed E-state index contributed by atoms with van der Waals surface area (Å²) < 4.78 is 0. The molecule has 2 aromatic rings. The number of nitriles is 1. The zero-order valence-electron chi connectivity index (χ0n) is 13.2. The molecule has 2 aromatic carbocycles. The van der Waals surface area contributed by atoms with Crippen LogP contribution in [0.5, 0.6) is 0 Å². The minimum Gasteiger partial charge on any atom is -0.375 e. The number of nitrogens with zero attached hydrogens (tertiary/aromatic N) is 3. The fourth-order valence-corrected chi connectivity index (χ4v) is 3.03. The number of nitro benzene ring substituents is 1. The number of hydrogen-bond acceptors (Lipinski definition) is 5. The predicted octanol–water partition coefficient (Wildman–Crippen LogP) is 3.15. The standard InChI is InChI=1S/C18H18N4O2/c19-11-15-6-7-17(18(10-15)22(23)24)20-16-8-9-21(13-16)12-14-4-2-1-3-5-14/h1-7,10,16,20H,8-9,12-13H2/t16-/m1/s1. The lowest BCUT2D eigenvalue weighted by molar-refractivity contribution is -0.384. The molecule has 24 heavy (non-hydrogen) atoms. The molecule has 1 atom stereocenters. The molecule has 122 valence electrons. The highest BCUT2D eigenvalue weighted by molar-refractivity contribution is 5.64. The van der Waals surface area contributed by atoms with E-state index in [1.54, 1.807) is 12.1 Å². The number of nitrogens with one attached hydrogen (secondary N) is 1. The summed E-state index contributed by atoms with van der Waals surface area (Å²) in [5.74, 6) is 0. The first-order chi connectivity index (χ1) is 11.7. The summed E-state index contributed by atoms with van der Waals surface area (Å²) >= 11 is 0. The van der Waals surface area contributed by atoms with Gasteiger partial charge in [-0.2, -0.15) is 5.26 Å². The first-order valence-electron chi connectivity index (χ1n) is 7.87. The molecule has 1 N–H and O–H groups in total. The summed E-state index contributed by atoms with van der Waals surface area (Å²) in [7, 11) is 0. The van der Waals surface area contributed by atoms with Crippen LogP contribution in [0.3, 0.4) is 0 Å². The van der Waals surface area contributed by atoms with Crippen LogP contribution in [0.25, 0.3) is 0 Å². The first kappa shape index (κ1) is 16.0. The fourth-order valence-electron chi connectivity index (χ4n) is 3.03. The Labute approximate surface area is 140 Å². The number of likely N-dealkylation sites (tertiary alicyclic amines) is 1. The van der Waals surface area contributed by atoms with E-state index in [4.69, 9.17) is 5.26 Å². The van der Waals surface area contributed by atoms with Crippen LogP contribution in [-0.2, 0) is 6.54 Å². The lowest BCUT2D eigenvalue weighted by atomic mass is 10.1. The van der Waals surface area contributed by atoms with Crippen LogP contribution in [-0.4, -0.2) is 29.0 Å². The minimum atomic E-state index is -0.445. The number of rotatable bonds is 5. The zero-order chi connectivity index (χ0) is 16.9. The van der Waals surface area contributed by atoms with Crippen LogP contribution < -0.4 is 5.32 Å². The molecule has 0 aromatic heterocycles. The summed E-state index contributed by atoms with van der Waals surface area (Å²) in [6.07, 6.45) is 0.935. The Balaban J connectivity index is 1.65. The van der Waals surface area contributed by atoms with Gasteiger partial charge in [-0.1, -0.05) is 30.3 Å². The van der Waals surface area contributed by atoms with Crippen molar-refractivity contribution in [2.45, 2.75) is 19.0 Å². The zero-order valence-corrected chi connectivity index (χ0v) is 13.2. The lowest BCUT2D eigenvalue weighted by Gasteiger charge is -2.17. The van der Waals surface area contributed by atoms with E-state index in [9.17, 15) is 10.1 Å². The van der Waals surface area contributed by atoms with Gasteiger partial charge in [0.2, 0.25) is 0 Å². The summed E-state index contributed by atoms with van der Waals surface area (Å²) in [6, 6.07) is 16.9. The van der Waals surface area contributed by atoms with Crippen LogP contribution >= 0.6 is 0 Å². The second-order valence-electron chi connectivity index (χ2n) is 5.95. The van der Waals surface area contributed by atoms with Crippen LogP contribution in [0.2, 0.25) is 0 Å². The lowest BCUT2D eigenvalue weighted by Crippen LogP contribution is -2.26. The van der Waals surface area contributed by atoms with Gasteiger partial charge in [-0.3, -0.25) is 15.0 Å². The molecule has 0 aliphatic carbocycles. The van der Waals surface area contributed by atoms with Gasteiger partial charge in [0.05, 0.1) is 16.6 Å². The summed E-state index contributed by atoms with van der Waals surface area (Å²) in [5, 5.41) is 23.4. The van der Waals surface area contributed by atoms with Crippen molar-refractivity contribution in [3.63, 3.8) is 0 Å². The molecule has 3 rings (SSSR count). The van der Waals surface area contributed by atoms with Crippen LogP contribution in [0.4, 0.5) is 11.4 Å². The highest BCUT2D eigenvalue weighted by Crippen LogP contribution is 2.27. The molecule has 0 amide bonds. The van der Waals surface area contributed by atoms with E-state index in [0.29, 0.717) is 11.3 Å². The third-order valence-electron chi connectivity index (χ3n) is 4.20. The van der Waals surface area contributed by atoms with Gasteiger partial charge in [0.15, 0.2) is 0 Å². The SMILES string of the molecule is N#Cc1ccc(N[C@@H]2CCN(Cc3ccccc3)C2)c([N+](=O)[O-])c1. The van der Waals surface area contributed by atoms with Gasteiger partial charge in [0.25, 0.3) is 5.69 Å². The highest BCUT2D eigenvalue weighted by atomic mass is 16.6. The van der Waals surface area contributed by atoms with Gasteiger partial charge in [0, 0.05) is 31.7 Å². The van der Waals surface area contributed by atoms with Crippen molar-refractivity contribution in [1.82, 2.24) is 4.90 Å². The summed E-state index contributed by atoms with van der Waals surface area (Å²) in [4.78, 5) is 13.1. The number of benzene rings is 2. The topological polar surface area (TPSA) is 82.2 Å². The normalized spacial score (nSPS) is 17.4. The average Bonchev–Trinajstić information content (AvgIpc) is 3.03. The van der Waals surface area contributed by atoms with E-state index in [-0.39, 0.29) is 11.7 Å². The third kappa shape index (κ3) is 3.70. The third-order valence-corrected chi connectivity index (χ3v) is 4.20. The predicted molar refractivity (Wildman–Crippen MR) is 91.6 cm³/mol. The van der Waals surface area contributed by atoms with Crippen molar-refractivity contribution in [2.75, 3.05) is 18.4 Å². The highest BCUT2D eigenvalue weighted by Gasteiger charge is 2.25. The second-order valence-corrected chi connectivity index (χ2v) is 5.95. The van der Waals surface area contributed by atoms with Crippen molar-refractivity contribution >= 4 is 11.4 Å². The van der Waals surface area contributed by atoms with Crippen molar-refractivity contribution in [1.29, 1.82) is 5.26 Å². The molecule has 0 unspecified atom stereocenters. The Hall–Kier alpha value is -2.91. The maximum absolute atomic E-state index is 11.2. The minimum absolute atomic E-state index is 0.0458. The first-order valence-corrected chi connectivity index (χ1v) is 7.87. The molecule has 6 nitrogen and oxygen atoms in total. The molecule has 1 fully saturated rings. The van der Waals surface area contributed by atoms with Crippen LogP contribution in [0.15, 0.2) is 48.5 Å². The largest absolute Gasteiger partial charge is 0.375 e. The number of nitro groups is 1. The Morgan fingerprint density at radius 1 is 1.29 bits per heavy atom. The molecule has 6 heteroatoms. The molecular weight excluding hydrogens is 304 g/mol. The van der Waals surface area contributed by atoms with Gasteiger partial charge >= 0.3 is 0 Å². The molecule has 0 saturated carbocycles. The summed E-state index contributed by atoms with van der Waals surface area (Å²) in [5.41, 5.74) is 1.99. The molecule has 0 radical (unpaired) electrons. The molecule has 1 aliphatic rings. The Morgan fingerprint density at radius 2 is 2.08 bits per heavy atom. The van der Waals surface area contributed by atoms with Gasteiger partial charge in [-0.05, 0) is 24.1 Å². The number of hydrogen-bond donors (Lipinski definition) is 1. The monoisotopic (exact) mass is 322 g/mol.